The molecule has 0 bridgehead atoms. The molecule has 17 heavy (non-hydrogen) atoms. The summed E-state index contributed by atoms with van der Waals surface area (Å²) in [7, 11) is 0. The quantitative estimate of drug-likeness (QED) is 0.668. The molecule has 5 heteroatoms. The van der Waals surface area contributed by atoms with Crippen LogP contribution < -0.4 is 5.43 Å². The van der Waals surface area contributed by atoms with Crippen molar-refractivity contribution in [1.29, 1.82) is 0 Å². The van der Waals surface area contributed by atoms with Gasteiger partial charge in [0.25, 0.3) is 5.91 Å². The number of nitrogens with zero attached hydrogens (tertiary/aromatic N) is 1. The van der Waals surface area contributed by atoms with E-state index >= 15 is 0 Å². The molecule has 2 aromatic heterocycles. The van der Waals surface area contributed by atoms with Gasteiger partial charge in [0.05, 0.1) is 18.0 Å². The SMILES string of the molecule is CCc1cc(C(=O)N/N=C/c2ccco2)cs1. The molecular weight excluding hydrogens is 236 g/mol. The van der Waals surface area contributed by atoms with Crippen molar-refractivity contribution in [1.82, 2.24) is 5.43 Å². The summed E-state index contributed by atoms with van der Waals surface area (Å²) < 4.78 is 5.04. The number of carbonyl (C=O) groups excluding carboxylic acids is 1. The van der Waals surface area contributed by atoms with Crippen LogP contribution in [0.3, 0.4) is 0 Å². The number of hydrogen-bond acceptors (Lipinski definition) is 4. The zero-order valence-corrected chi connectivity index (χ0v) is 10.2. The Morgan fingerprint density at radius 1 is 1.65 bits per heavy atom. The van der Waals surface area contributed by atoms with Crippen LogP contribution in [0.4, 0.5) is 0 Å². The van der Waals surface area contributed by atoms with Crippen molar-refractivity contribution in [2.24, 2.45) is 5.10 Å². The van der Waals surface area contributed by atoms with Crippen molar-refractivity contribution in [2.45, 2.75) is 13.3 Å². The Balaban J connectivity index is 1.93. The number of nitrogens with one attached hydrogen (secondary N) is 1. The van der Waals surface area contributed by atoms with Gasteiger partial charge in [-0.15, -0.1) is 11.3 Å². The predicted octanol–water partition coefficient (Wildman–Crippen LogP) is 2.67. The van der Waals surface area contributed by atoms with Crippen LogP contribution in [0.15, 0.2) is 39.4 Å². The average molecular weight is 248 g/mol. The van der Waals surface area contributed by atoms with Crippen LogP contribution in [0.25, 0.3) is 0 Å². The van der Waals surface area contributed by atoms with Crippen LogP contribution in [-0.2, 0) is 6.42 Å². The van der Waals surface area contributed by atoms with E-state index in [0.717, 1.165) is 6.42 Å². The van der Waals surface area contributed by atoms with Crippen molar-refractivity contribution >= 4 is 23.5 Å². The smallest absolute Gasteiger partial charge is 0.272 e. The molecule has 4 nitrogen and oxygen atoms in total. The van der Waals surface area contributed by atoms with E-state index in [4.69, 9.17) is 4.42 Å². The zero-order valence-electron chi connectivity index (χ0n) is 9.34. The first-order chi connectivity index (χ1) is 8.29. The summed E-state index contributed by atoms with van der Waals surface area (Å²) in [4.78, 5) is 12.8. The predicted molar refractivity (Wildman–Crippen MR) is 67.5 cm³/mol. The van der Waals surface area contributed by atoms with Crippen LogP contribution in [0.2, 0.25) is 0 Å². The summed E-state index contributed by atoms with van der Waals surface area (Å²) in [5, 5.41) is 5.64. The van der Waals surface area contributed by atoms with Crippen molar-refractivity contribution in [3.8, 4) is 0 Å². The maximum absolute atomic E-state index is 11.7. The molecule has 2 heterocycles. The lowest BCUT2D eigenvalue weighted by Gasteiger charge is -1.94. The molecule has 88 valence electrons. The van der Waals surface area contributed by atoms with Crippen molar-refractivity contribution in [3.05, 3.63) is 46.0 Å². The molecule has 0 unspecified atom stereocenters. The topological polar surface area (TPSA) is 54.6 Å². The summed E-state index contributed by atoms with van der Waals surface area (Å²) >= 11 is 1.58. The largest absolute Gasteiger partial charge is 0.463 e. The van der Waals surface area contributed by atoms with Gasteiger partial charge in [0.2, 0.25) is 0 Å². The molecule has 2 rings (SSSR count). The van der Waals surface area contributed by atoms with Crippen LogP contribution >= 0.6 is 11.3 Å². The maximum Gasteiger partial charge on any atom is 0.272 e. The highest BCUT2D eigenvalue weighted by atomic mass is 32.1. The van der Waals surface area contributed by atoms with E-state index in [2.05, 4.69) is 17.5 Å². The molecule has 0 saturated heterocycles. The number of carbonyl (C=O) groups is 1. The van der Waals surface area contributed by atoms with E-state index in [1.54, 1.807) is 29.7 Å². The molecule has 0 aliphatic rings. The number of furan rings is 1. The van der Waals surface area contributed by atoms with Gasteiger partial charge in [-0.3, -0.25) is 4.79 Å². The number of hydrazone groups is 1. The number of thiophene rings is 1. The molecule has 0 saturated carbocycles. The van der Waals surface area contributed by atoms with Gasteiger partial charge < -0.3 is 4.42 Å². The van der Waals surface area contributed by atoms with Gasteiger partial charge in [0.1, 0.15) is 5.76 Å². The van der Waals surface area contributed by atoms with Gasteiger partial charge in [0.15, 0.2) is 0 Å². The molecule has 0 aromatic carbocycles. The summed E-state index contributed by atoms with van der Waals surface area (Å²) in [5.41, 5.74) is 3.09. The molecule has 1 amide bonds. The number of rotatable bonds is 4. The molecule has 0 aliphatic carbocycles. The lowest BCUT2D eigenvalue weighted by molar-refractivity contribution is 0.0955. The van der Waals surface area contributed by atoms with Crippen LogP contribution in [-0.4, -0.2) is 12.1 Å². The molecule has 0 aliphatic heterocycles. The Bertz CT molecular complexity index is 514. The maximum atomic E-state index is 11.7. The molecule has 0 spiro atoms. The zero-order chi connectivity index (χ0) is 12.1. The Labute approximate surface area is 103 Å². The van der Waals surface area contributed by atoms with E-state index < -0.39 is 0 Å². The lowest BCUT2D eigenvalue weighted by Crippen LogP contribution is -2.16. The molecule has 2 aromatic rings. The highest BCUT2D eigenvalue weighted by molar-refractivity contribution is 7.10. The summed E-state index contributed by atoms with van der Waals surface area (Å²) in [5.74, 6) is 0.397. The van der Waals surface area contributed by atoms with Gasteiger partial charge in [-0.25, -0.2) is 5.43 Å². The summed E-state index contributed by atoms with van der Waals surface area (Å²) in [6.45, 7) is 2.06. The first-order valence-electron chi connectivity index (χ1n) is 5.24. The minimum atomic E-state index is -0.205. The van der Waals surface area contributed by atoms with E-state index in [-0.39, 0.29) is 5.91 Å². The van der Waals surface area contributed by atoms with Crippen LogP contribution in [0, 0.1) is 0 Å². The molecule has 1 N–H and O–H groups in total. The first-order valence-corrected chi connectivity index (χ1v) is 6.12. The first kappa shape index (κ1) is 11.6. The second-order valence-electron chi connectivity index (χ2n) is 3.37. The lowest BCUT2D eigenvalue weighted by atomic mass is 10.3. The highest BCUT2D eigenvalue weighted by Gasteiger charge is 2.06. The standard InChI is InChI=1S/C12H12N2O2S/c1-2-11-6-9(8-17-11)12(15)14-13-7-10-4-3-5-16-10/h3-8H,2H2,1H3,(H,14,15)/b13-7+. The second-order valence-corrected chi connectivity index (χ2v) is 4.37. The van der Waals surface area contributed by atoms with Crippen molar-refractivity contribution in [3.63, 3.8) is 0 Å². The minimum absolute atomic E-state index is 0.205. The van der Waals surface area contributed by atoms with Gasteiger partial charge in [0, 0.05) is 10.3 Å². The number of hydrogen-bond donors (Lipinski definition) is 1. The Morgan fingerprint density at radius 2 is 2.53 bits per heavy atom. The Kier molecular flexibility index (Phi) is 3.72. The van der Waals surface area contributed by atoms with E-state index in [0.29, 0.717) is 11.3 Å². The fourth-order valence-corrected chi connectivity index (χ4v) is 2.08. The molecule has 0 radical (unpaired) electrons. The van der Waals surface area contributed by atoms with E-state index in [9.17, 15) is 4.79 Å². The second kappa shape index (κ2) is 5.45. The van der Waals surface area contributed by atoms with Gasteiger partial charge in [-0.2, -0.15) is 5.10 Å². The Hall–Kier alpha value is -1.88. The number of amides is 1. The van der Waals surface area contributed by atoms with Crippen LogP contribution in [0.1, 0.15) is 27.9 Å². The van der Waals surface area contributed by atoms with E-state index in [1.807, 2.05) is 11.4 Å². The third kappa shape index (κ3) is 3.04. The molecule has 0 fully saturated rings. The average Bonchev–Trinajstić information content (AvgIpc) is 2.99. The van der Waals surface area contributed by atoms with Crippen molar-refractivity contribution < 1.29 is 9.21 Å². The minimum Gasteiger partial charge on any atom is -0.463 e. The van der Waals surface area contributed by atoms with Crippen LogP contribution in [0.5, 0.6) is 0 Å². The van der Waals surface area contributed by atoms with Gasteiger partial charge in [-0.1, -0.05) is 6.92 Å². The fraction of sp³-hybridized carbons (Fsp3) is 0.167. The number of aryl methyl sites for hydroxylation is 1. The van der Waals surface area contributed by atoms with Gasteiger partial charge in [-0.05, 0) is 24.6 Å². The summed E-state index contributed by atoms with van der Waals surface area (Å²) in [6, 6.07) is 5.40. The Morgan fingerprint density at radius 3 is 3.18 bits per heavy atom. The monoisotopic (exact) mass is 248 g/mol. The fourth-order valence-electron chi connectivity index (χ4n) is 1.27. The molecular formula is C12H12N2O2S. The normalized spacial score (nSPS) is 10.9. The summed E-state index contributed by atoms with van der Waals surface area (Å²) in [6.07, 6.45) is 3.95. The van der Waals surface area contributed by atoms with Crippen molar-refractivity contribution in [2.75, 3.05) is 0 Å². The third-order valence-corrected chi connectivity index (χ3v) is 3.25. The van der Waals surface area contributed by atoms with Gasteiger partial charge >= 0.3 is 0 Å². The van der Waals surface area contributed by atoms with E-state index in [1.165, 1.54) is 11.1 Å². The highest BCUT2D eigenvalue weighted by Crippen LogP contribution is 2.14. The molecule has 0 atom stereocenters. The third-order valence-electron chi connectivity index (χ3n) is 2.17.